The van der Waals surface area contributed by atoms with Crippen molar-refractivity contribution >= 4 is 17.3 Å². The number of hydrogen-bond acceptors (Lipinski definition) is 3. The van der Waals surface area contributed by atoms with Crippen LogP contribution >= 0.6 is 0 Å². The number of benzene rings is 1. The van der Waals surface area contributed by atoms with E-state index in [1.165, 1.54) is 32.1 Å². The molecule has 0 heterocycles. The van der Waals surface area contributed by atoms with Crippen molar-refractivity contribution in [1.82, 2.24) is 0 Å². The standard InChI is InChI=1S/C18H26N2O2/c1-13(6-4-3-5-7-14-8-9-14)18(21)20-17-12-15(22-2)10-11-16(17)19/h10-12,14H,1,3-9,19H2,2H3,(H,20,21). The Balaban J connectivity index is 1.74. The fourth-order valence-electron chi connectivity index (χ4n) is 2.45. The first-order valence-electron chi connectivity index (χ1n) is 8.03. The highest BCUT2D eigenvalue weighted by Gasteiger charge is 2.20. The van der Waals surface area contributed by atoms with Gasteiger partial charge in [-0.1, -0.05) is 38.7 Å². The minimum absolute atomic E-state index is 0.165. The molecule has 4 nitrogen and oxygen atoms in total. The average molecular weight is 302 g/mol. The SMILES string of the molecule is C=C(CCCCCC1CC1)C(=O)Nc1cc(OC)ccc1N. The van der Waals surface area contributed by atoms with E-state index in [9.17, 15) is 4.79 Å². The maximum atomic E-state index is 12.1. The predicted octanol–water partition coefficient (Wildman–Crippen LogP) is 4.13. The van der Waals surface area contributed by atoms with Gasteiger partial charge in [0.2, 0.25) is 0 Å². The average Bonchev–Trinajstić information content (AvgIpc) is 3.33. The molecule has 0 aliphatic heterocycles. The second-order valence-corrected chi connectivity index (χ2v) is 6.05. The number of carbonyl (C=O) groups is 1. The minimum Gasteiger partial charge on any atom is -0.497 e. The summed E-state index contributed by atoms with van der Waals surface area (Å²) in [6.45, 7) is 3.88. The molecular formula is C18H26N2O2. The van der Waals surface area contributed by atoms with Crippen LogP contribution in [0.15, 0.2) is 30.4 Å². The van der Waals surface area contributed by atoms with E-state index in [0.29, 0.717) is 22.7 Å². The molecule has 0 aromatic heterocycles. The van der Waals surface area contributed by atoms with Crippen LogP contribution < -0.4 is 15.8 Å². The molecule has 0 unspecified atom stereocenters. The summed E-state index contributed by atoms with van der Waals surface area (Å²) < 4.78 is 5.14. The van der Waals surface area contributed by atoms with Gasteiger partial charge in [-0.15, -0.1) is 0 Å². The maximum Gasteiger partial charge on any atom is 0.251 e. The highest BCUT2D eigenvalue weighted by Crippen LogP contribution is 2.34. The monoisotopic (exact) mass is 302 g/mol. The third kappa shape index (κ3) is 5.10. The molecule has 1 saturated carbocycles. The van der Waals surface area contributed by atoms with Crippen LogP contribution in [0.5, 0.6) is 5.75 Å². The zero-order chi connectivity index (χ0) is 15.9. The third-order valence-corrected chi connectivity index (χ3v) is 4.12. The molecular weight excluding hydrogens is 276 g/mol. The summed E-state index contributed by atoms with van der Waals surface area (Å²) in [5.74, 6) is 1.49. The molecule has 1 aliphatic rings. The van der Waals surface area contributed by atoms with E-state index in [4.69, 9.17) is 10.5 Å². The largest absolute Gasteiger partial charge is 0.497 e. The van der Waals surface area contributed by atoms with Crippen LogP contribution in [0.3, 0.4) is 0 Å². The molecule has 1 fully saturated rings. The minimum atomic E-state index is -0.165. The van der Waals surface area contributed by atoms with E-state index in [0.717, 1.165) is 18.8 Å². The molecule has 0 saturated heterocycles. The van der Waals surface area contributed by atoms with Gasteiger partial charge < -0.3 is 15.8 Å². The first-order valence-corrected chi connectivity index (χ1v) is 8.03. The predicted molar refractivity (Wildman–Crippen MR) is 91.0 cm³/mol. The van der Waals surface area contributed by atoms with Gasteiger partial charge >= 0.3 is 0 Å². The first kappa shape index (κ1) is 16.4. The van der Waals surface area contributed by atoms with E-state index in [1.807, 2.05) is 0 Å². The smallest absolute Gasteiger partial charge is 0.251 e. The Morgan fingerprint density at radius 1 is 1.36 bits per heavy atom. The Bertz CT molecular complexity index is 536. The summed E-state index contributed by atoms with van der Waals surface area (Å²) in [5.41, 5.74) is 7.56. The summed E-state index contributed by atoms with van der Waals surface area (Å²) in [6.07, 6.45) is 8.37. The number of ether oxygens (including phenoxy) is 1. The van der Waals surface area contributed by atoms with Gasteiger partial charge in [-0.05, 0) is 30.9 Å². The number of carbonyl (C=O) groups excluding carboxylic acids is 1. The lowest BCUT2D eigenvalue weighted by atomic mass is 10.1. The van der Waals surface area contributed by atoms with Gasteiger partial charge in [0.05, 0.1) is 18.5 Å². The number of nitrogens with one attached hydrogen (secondary N) is 1. The number of unbranched alkanes of at least 4 members (excludes halogenated alkanes) is 2. The number of nitrogens with two attached hydrogens (primary N) is 1. The van der Waals surface area contributed by atoms with E-state index in [-0.39, 0.29) is 5.91 Å². The molecule has 3 N–H and O–H groups in total. The second kappa shape index (κ2) is 7.87. The summed E-state index contributed by atoms with van der Waals surface area (Å²) in [4.78, 5) is 12.1. The number of methoxy groups -OCH3 is 1. The van der Waals surface area contributed by atoms with Crippen molar-refractivity contribution in [2.45, 2.75) is 44.9 Å². The van der Waals surface area contributed by atoms with Crippen molar-refractivity contribution < 1.29 is 9.53 Å². The number of anilines is 2. The summed E-state index contributed by atoms with van der Waals surface area (Å²) >= 11 is 0. The van der Waals surface area contributed by atoms with Crippen LogP contribution in [0.4, 0.5) is 11.4 Å². The Morgan fingerprint density at radius 3 is 2.82 bits per heavy atom. The van der Waals surface area contributed by atoms with Gasteiger partial charge in [-0.25, -0.2) is 0 Å². The molecule has 2 rings (SSSR count). The molecule has 1 aromatic rings. The molecule has 120 valence electrons. The summed E-state index contributed by atoms with van der Waals surface area (Å²) in [6, 6.07) is 5.20. The van der Waals surface area contributed by atoms with Crippen LogP contribution in [0, 0.1) is 5.92 Å². The Morgan fingerprint density at radius 2 is 2.14 bits per heavy atom. The Hall–Kier alpha value is -1.97. The van der Waals surface area contributed by atoms with E-state index in [2.05, 4.69) is 11.9 Å². The third-order valence-electron chi connectivity index (χ3n) is 4.12. The van der Waals surface area contributed by atoms with Crippen molar-refractivity contribution in [3.05, 3.63) is 30.4 Å². The summed E-state index contributed by atoms with van der Waals surface area (Å²) in [5, 5.41) is 2.81. The lowest BCUT2D eigenvalue weighted by Gasteiger charge is -2.11. The zero-order valence-corrected chi connectivity index (χ0v) is 13.4. The fourth-order valence-corrected chi connectivity index (χ4v) is 2.45. The van der Waals surface area contributed by atoms with E-state index in [1.54, 1.807) is 25.3 Å². The molecule has 4 heteroatoms. The molecule has 1 aromatic carbocycles. The van der Waals surface area contributed by atoms with Crippen molar-refractivity contribution in [2.75, 3.05) is 18.2 Å². The van der Waals surface area contributed by atoms with Crippen LogP contribution in [0.25, 0.3) is 0 Å². The van der Waals surface area contributed by atoms with Crippen molar-refractivity contribution in [3.8, 4) is 5.75 Å². The topological polar surface area (TPSA) is 64.3 Å². The van der Waals surface area contributed by atoms with Crippen molar-refractivity contribution in [2.24, 2.45) is 5.92 Å². The van der Waals surface area contributed by atoms with Gasteiger partial charge in [-0.2, -0.15) is 0 Å². The maximum absolute atomic E-state index is 12.1. The van der Waals surface area contributed by atoms with E-state index < -0.39 is 0 Å². The quantitative estimate of drug-likeness (QED) is 0.409. The lowest BCUT2D eigenvalue weighted by Crippen LogP contribution is -2.15. The van der Waals surface area contributed by atoms with Gasteiger partial charge in [0.1, 0.15) is 5.75 Å². The highest BCUT2D eigenvalue weighted by molar-refractivity contribution is 6.04. The van der Waals surface area contributed by atoms with Gasteiger partial charge in [0, 0.05) is 11.6 Å². The van der Waals surface area contributed by atoms with Gasteiger partial charge in [0.15, 0.2) is 0 Å². The number of hydrogen-bond donors (Lipinski definition) is 2. The number of rotatable bonds is 9. The summed E-state index contributed by atoms with van der Waals surface area (Å²) in [7, 11) is 1.58. The van der Waals surface area contributed by atoms with Gasteiger partial charge in [-0.3, -0.25) is 4.79 Å². The van der Waals surface area contributed by atoms with Crippen molar-refractivity contribution in [1.29, 1.82) is 0 Å². The van der Waals surface area contributed by atoms with Gasteiger partial charge in [0.25, 0.3) is 5.91 Å². The molecule has 0 bridgehead atoms. The van der Waals surface area contributed by atoms with E-state index >= 15 is 0 Å². The zero-order valence-electron chi connectivity index (χ0n) is 13.4. The number of amides is 1. The lowest BCUT2D eigenvalue weighted by molar-refractivity contribution is -0.113. The molecule has 0 atom stereocenters. The van der Waals surface area contributed by atoms with Crippen molar-refractivity contribution in [3.63, 3.8) is 0 Å². The van der Waals surface area contributed by atoms with Crippen LogP contribution in [-0.2, 0) is 4.79 Å². The fraction of sp³-hybridized carbons (Fsp3) is 0.500. The molecule has 22 heavy (non-hydrogen) atoms. The van der Waals surface area contributed by atoms with Crippen LogP contribution in [-0.4, -0.2) is 13.0 Å². The molecule has 0 radical (unpaired) electrons. The number of nitrogen functional groups attached to an aromatic ring is 1. The second-order valence-electron chi connectivity index (χ2n) is 6.05. The molecule has 1 aliphatic carbocycles. The highest BCUT2D eigenvalue weighted by atomic mass is 16.5. The molecule has 0 spiro atoms. The Kier molecular flexibility index (Phi) is 5.87. The molecule has 1 amide bonds. The van der Waals surface area contributed by atoms with Crippen LogP contribution in [0.2, 0.25) is 0 Å². The van der Waals surface area contributed by atoms with Crippen LogP contribution in [0.1, 0.15) is 44.9 Å². The first-order chi connectivity index (χ1) is 10.6. The normalized spacial score (nSPS) is 13.7. The Labute approximate surface area is 132 Å².